The van der Waals surface area contributed by atoms with Gasteiger partial charge < -0.3 is 5.11 Å². The van der Waals surface area contributed by atoms with E-state index < -0.39 is 11.4 Å². The maximum atomic E-state index is 8.67. The van der Waals surface area contributed by atoms with Crippen LogP contribution in [0.3, 0.4) is 0 Å². The maximum absolute atomic E-state index is 8.67. The second-order valence-electron chi connectivity index (χ2n) is 1.87. The Morgan fingerprint density at radius 2 is 1.58 bits per heavy atom. The Morgan fingerprint density at radius 3 is 1.83 bits per heavy atom. The standard InChI is InChI=1S/C7H8O.H2O3S/c8-6-7-4-2-1-3-5-7;1-4(2)3/h1-5,8H,6H2;(H2,1,2,3). The van der Waals surface area contributed by atoms with Crippen molar-refractivity contribution in [2.24, 2.45) is 0 Å². The lowest BCUT2D eigenvalue weighted by atomic mass is 10.2. The summed E-state index contributed by atoms with van der Waals surface area (Å²) < 4.78 is 22.8. The van der Waals surface area contributed by atoms with Gasteiger partial charge in [0.15, 0.2) is 0 Å². The molecule has 0 aliphatic carbocycles. The van der Waals surface area contributed by atoms with Gasteiger partial charge in [0.05, 0.1) is 6.61 Å². The third-order valence-electron chi connectivity index (χ3n) is 1.03. The highest BCUT2D eigenvalue weighted by Crippen LogP contribution is 1.95. The Bertz CT molecular complexity index is 220. The van der Waals surface area contributed by atoms with Gasteiger partial charge in [-0.05, 0) is 5.56 Å². The fraction of sp³-hybridized carbons (Fsp3) is 0.143. The van der Waals surface area contributed by atoms with Crippen LogP contribution in [0.1, 0.15) is 5.56 Å². The second-order valence-corrected chi connectivity index (χ2v) is 2.34. The number of aliphatic hydroxyl groups excluding tert-OH is 1. The van der Waals surface area contributed by atoms with Gasteiger partial charge in [0, 0.05) is 0 Å². The van der Waals surface area contributed by atoms with Gasteiger partial charge in [-0.15, -0.1) is 0 Å². The summed E-state index contributed by atoms with van der Waals surface area (Å²) in [4.78, 5) is 0. The monoisotopic (exact) mass is 190 g/mol. The summed E-state index contributed by atoms with van der Waals surface area (Å²) in [5, 5.41) is 8.54. The van der Waals surface area contributed by atoms with E-state index in [0.717, 1.165) is 5.56 Å². The smallest absolute Gasteiger partial charge is 0.299 e. The number of benzene rings is 1. The van der Waals surface area contributed by atoms with Gasteiger partial charge >= 0.3 is 0 Å². The average molecular weight is 190 g/mol. The van der Waals surface area contributed by atoms with Crippen molar-refractivity contribution in [3.63, 3.8) is 0 Å². The van der Waals surface area contributed by atoms with E-state index in [2.05, 4.69) is 0 Å². The highest BCUT2D eigenvalue weighted by Gasteiger charge is 1.81. The van der Waals surface area contributed by atoms with Crippen LogP contribution in [0.25, 0.3) is 0 Å². The van der Waals surface area contributed by atoms with Crippen LogP contribution in [0.5, 0.6) is 0 Å². The zero-order valence-corrected chi connectivity index (χ0v) is 7.07. The molecule has 0 bridgehead atoms. The summed E-state index contributed by atoms with van der Waals surface area (Å²) in [6.07, 6.45) is 0. The van der Waals surface area contributed by atoms with Crippen molar-refractivity contribution in [1.82, 2.24) is 0 Å². The van der Waals surface area contributed by atoms with Crippen molar-refractivity contribution in [3.05, 3.63) is 35.9 Å². The molecule has 4 nitrogen and oxygen atoms in total. The molecule has 0 saturated carbocycles. The van der Waals surface area contributed by atoms with Gasteiger partial charge in [-0.2, -0.15) is 4.21 Å². The predicted molar refractivity (Wildman–Crippen MR) is 45.8 cm³/mol. The first-order valence-electron chi connectivity index (χ1n) is 3.11. The highest BCUT2D eigenvalue weighted by atomic mass is 32.2. The van der Waals surface area contributed by atoms with Crippen molar-refractivity contribution >= 4 is 11.4 Å². The minimum absolute atomic E-state index is 0.140. The molecule has 0 aliphatic heterocycles. The van der Waals surface area contributed by atoms with Gasteiger partial charge in [0.25, 0.3) is 11.4 Å². The fourth-order valence-corrected chi connectivity index (χ4v) is 0.583. The molecule has 68 valence electrons. The molecule has 1 aromatic rings. The quantitative estimate of drug-likeness (QED) is 0.574. The van der Waals surface area contributed by atoms with E-state index >= 15 is 0 Å². The van der Waals surface area contributed by atoms with Crippen LogP contribution in [0.4, 0.5) is 0 Å². The van der Waals surface area contributed by atoms with E-state index in [0.29, 0.717) is 0 Å². The van der Waals surface area contributed by atoms with Crippen molar-refractivity contribution in [1.29, 1.82) is 0 Å². The highest BCUT2D eigenvalue weighted by molar-refractivity contribution is 7.73. The molecule has 5 heteroatoms. The van der Waals surface area contributed by atoms with Gasteiger partial charge in [-0.3, -0.25) is 9.11 Å². The molecule has 0 saturated heterocycles. The molecule has 1 aromatic carbocycles. The third kappa shape index (κ3) is 7.36. The SMILES string of the molecule is O=S(O)O.OCc1ccccc1. The van der Waals surface area contributed by atoms with Gasteiger partial charge in [-0.25, -0.2) is 0 Å². The number of hydrogen-bond donors (Lipinski definition) is 3. The predicted octanol–water partition coefficient (Wildman–Crippen LogP) is 0.860. The number of hydrogen-bond acceptors (Lipinski definition) is 2. The van der Waals surface area contributed by atoms with Crippen LogP contribution >= 0.6 is 0 Å². The van der Waals surface area contributed by atoms with Crippen LogP contribution < -0.4 is 0 Å². The topological polar surface area (TPSA) is 77.8 Å². The van der Waals surface area contributed by atoms with Crippen molar-refractivity contribution in [3.8, 4) is 0 Å². The Hall–Kier alpha value is -0.750. The van der Waals surface area contributed by atoms with Crippen molar-refractivity contribution in [2.45, 2.75) is 6.61 Å². The molecule has 0 aromatic heterocycles. The van der Waals surface area contributed by atoms with Gasteiger partial charge in [-0.1, -0.05) is 30.3 Å². The molecule has 0 unspecified atom stereocenters. The van der Waals surface area contributed by atoms with Crippen molar-refractivity contribution < 1.29 is 18.4 Å². The Kier molecular flexibility index (Phi) is 6.50. The summed E-state index contributed by atoms with van der Waals surface area (Å²) >= 11 is -2.61. The van der Waals surface area contributed by atoms with E-state index in [9.17, 15) is 0 Å². The molecule has 0 heterocycles. The van der Waals surface area contributed by atoms with E-state index in [4.69, 9.17) is 18.4 Å². The van der Waals surface area contributed by atoms with E-state index in [1.54, 1.807) is 0 Å². The van der Waals surface area contributed by atoms with Crippen molar-refractivity contribution in [2.75, 3.05) is 0 Å². The molecular weight excluding hydrogens is 180 g/mol. The average Bonchev–Trinajstić information content (AvgIpc) is 2.05. The summed E-state index contributed by atoms with van der Waals surface area (Å²) in [6, 6.07) is 9.52. The van der Waals surface area contributed by atoms with Crippen LogP contribution in [0, 0.1) is 0 Å². The van der Waals surface area contributed by atoms with Crippen LogP contribution in [-0.4, -0.2) is 18.4 Å². The summed E-state index contributed by atoms with van der Waals surface area (Å²) in [5.74, 6) is 0. The molecule has 0 aliphatic rings. The molecule has 12 heavy (non-hydrogen) atoms. The van der Waals surface area contributed by atoms with E-state index in [1.807, 2.05) is 30.3 Å². The molecule has 1 rings (SSSR count). The normalized spacial score (nSPS) is 9.00. The molecule has 3 N–H and O–H groups in total. The first-order valence-corrected chi connectivity index (χ1v) is 4.18. The largest absolute Gasteiger partial charge is 0.392 e. The van der Waals surface area contributed by atoms with Gasteiger partial charge in [0.2, 0.25) is 0 Å². The first-order chi connectivity index (χ1) is 5.66. The first kappa shape index (κ1) is 11.2. The molecular formula is C7H10O4S. The molecule has 0 amide bonds. The minimum atomic E-state index is -2.61. The summed E-state index contributed by atoms with van der Waals surface area (Å²) in [7, 11) is 0. The Balaban J connectivity index is 0.000000261. The van der Waals surface area contributed by atoms with Crippen LogP contribution in [0.15, 0.2) is 30.3 Å². The summed E-state index contributed by atoms with van der Waals surface area (Å²) in [6.45, 7) is 0.140. The molecule has 0 fully saturated rings. The lowest BCUT2D eigenvalue weighted by molar-refractivity contribution is 0.282. The minimum Gasteiger partial charge on any atom is -0.392 e. The number of aliphatic hydroxyl groups is 1. The molecule has 0 spiro atoms. The fourth-order valence-electron chi connectivity index (χ4n) is 0.583. The van der Waals surface area contributed by atoms with E-state index in [1.165, 1.54) is 0 Å². The number of rotatable bonds is 1. The molecule has 0 radical (unpaired) electrons. The lowest BCUT2D eigenvalue weighted by Crippen LogP contribution is -1.77. The zero-order chi connectivity index (χ0) is 9.40. The molecule has 0 atom stereocenters. The lowest BCUT2D eigenvalue weighted by Gasteiger charge is -1.89. The second kappa shape index (κ2) is 6.93. The third-order valence-corrected chi connectivity index (χ3v) is 1.03. The van der Waals surface area contributed by atoms with E-state index in [-0.39, 0.29) is 6.61 Å². The zero-order valence-electron chi connectivity index (χ0n) is 6.25. The maximum Gasteiger partial charge on any atom is 0.299 e. The summed E-state index contributed by atoms with van der Waals surface area (Å²) in [5.41, 5.74) is 0.965. The Labute approximate surface area is 73.0 Å². The Morgan fingerprint density at radius 1 is 1.17 bits per heavy atom. The van der Waals surface area contributed by atoms with Crippen LogP contribution in [-0.2, 0) is 18.0 Å². The van der Waals surface area contributed by atoms with Gasteiger partial charge in [0.1, 0.15) is 0 Å². The van der Waals surface area contributed by atoms with Crippen LogP contribution in [0.2, 0.25) is 0 Å².